The standard InChI is InChI=1S/C18H22FNO/c1-4-18(20,14-7-5-9-16(19)11-14)15-8-6-10-17(12-15)21-13(2)3/h5-13H,4,20H2,1-3H3. The van der Waals surface area contributed by atoms with Crippen LogP contribution in [-0.4, -0.2) is 6.10 Å². The highest BCUT2D eigenvalue weighted by molar-refractivity contribution is 5.41. The highest BCUT2D eigenvalue weighted by atomic mass is 19.1. The van der Waals surface area contributed by atoms with Crippen LogP contribution >= 0.6 is 0 Å². The highest BCUT2D eigenvalue weighted by Gasteiger charge is 2.28. The molecular formula is C18H22FNO. The fourth-order valence-corrected chi connectivity index (χ4v) is 2.46. The van der Waals surface area contributed by atoms with Crippen LogP contribution in [-0.2, 0) is 5.54 Å². The van der Waals surface area contributed by atoms with E-state index in [4.69, 9.17) is 10.5 Å². The zero-order valence-electron chi connectivity index (χ0n) is 12.8. The fraction of sp³-hybridized carbons (Fsp3) is 0.333. The van der Waals surface area contributed by atoms with Gasteiger partial charge in [0.1, 0.15) is 11.6 Å². The molecule has 2 N–H and O–H groups in total. The first-order valence-corrected chi connectivity index (χ1v) is 7.28. The zero-order chi connectivity index (χ0) is 15.5. The van der Waals surface area contributed by atoms with Crippen molar-refractivity contribution in [1.29, 1.82) is 0 Å². The van der Waals surface area contributed by atoms with Crippen LogP contribution in [0.15, 0.2) is 48.5 Å². The molecule has 0 heterocycles. The third-order valence-electron chi connectivity index (χ3n) is 3.62. The van der Waals surface area contributed by atoms with Crippen molar-refractivity contribution in [2.75, 3.05) is 0 Å². The maximum Gasteiger partial charge on any atom is 0.123 e. The van der Waals surface area contributed by atoms with Gasteiger partial charge < -0.3 is 10.5 Å². The molecule has 1 atom stereocenters. The Morgan fingerprint density at radius 2 is 1.71 bits per heavy atom. The molecule has 2 nitrogen and oxygen atoms in total. The first-order chi connectivity index (χ1) is 9.95. The predicted octanol–water partition coefficient (Wildman–Crippen LogP) is 4.23. The lowest BCUT2D eigenvalue weighted by atomic mass is 9.81. The molecule has 0 fully saturated rings. The lowest BCUT2D eigenvalue weighted by molar-refractivity contribution is 0.242. The van der Waals surface area contributed by atoms with Gasteiger partial charge in [-0.05, 0) is 55.7 Å². The summed E-state index contributed by atoms with van der Waals surface area (Å²) in [5, 5.41) is 0. The Morgan fingerprint density at radius 1 is 1.10 bits per heavy atom. The zero-order valence-corrected chi connectivity index (χ0v) is 12.8. The second kappa shape index (κ2) is 6.27. The van der Waals surface area contributed by atoms with Gasteiger partial charge in [-0.15, -0.1) is 0 Å². The molecule has 0 bridgehead atoms. The van der Waals surface area contributed by atoms with Crippen molar-refractivity contribution >= 4 is 0 Å². The van der Waals surface area contributed by atoms with Crippen LogP contribution in [0.4, 0.5) is 4.39 Å². The smallest absolute Gasteiger partial charge is 0.123 e. The Balaban J connectivity index is 2.45. The Kier molecular flexibility index (Phi) is 4.63. The molecule has 0 radical (unpaired) electrons. The number of hydrogen-bond acceptors (Lipinski definition) is 2. The second-order valence-corrected chi connectivity index (χ2v) is 5.53. The molecular weight excluding hydrogens is 265 g/mol. The Hall–Kier alpha value is -1.87. The van der Waals surface area contributed by atoms with E-state index in [2.05, 4.69) is 0 Å². The van der Waals surface area contributed by atoms with Crippen LogP contribution < -0.4 is 10.5 Å². The summed E-state index contributed by atoms with van der Waals surface area (Å²) in [5.41, 5.74) is 7.56. The van der Waals surface area contributed by atoms with Crippen LogP contribution in [0.1, 0.15) is 38.3 Å². The minimum Gasteiger partial charge on any atom is -0.491 e. The Morgan fingerprint density at radius 3 is 2.29 bits per heavy atom. The number of rotatable bonds is 5. The van der Waals surface area contributed by atoms with Gasteiger partial charge in [0.25, 0.3) is 0 Å². The summed E-state index contributed by atoms with van der Waals surface area (Å²) in [6.07, 6.45) is 0.768. The van der Waals surface area contributed by atoms with Gasteiger partial charge in [0.15, 0.2) is 0 Å². The maximum atomic E-state index is 13.5. The van der Waals surface area contributed by atoms with Gasteiger partial charge in [0.2, 0.25) is 0 Å². The van der Waals surface area contributed by atoms with Gasteiger partial charge in [0.05, 0.1) is 11.6 Å². The summed E-state index contributed by atoms with van der Waals surface area (Å²) in [6, 6.07) is 14.2. The number of ether oxygens (including phenoxy) is 1. The van der Waals surface area contributed by atoms with Crippen LogP contribution in [0.3, 0.4) is 0 Å². The molecule has 2 aromatic carbocycles. The number of benzene rings is 2. The van der Waals surface area contributed by atoms with E-state index in [1.165, 1.54) is 12.1 Å². The van der Waals surface area contributed by atoms with Crippen LogP contribution in [0.5, 0.6) is 5.75 Å². The molecule has 0 amide bonds. The molecule has 2 rings (SSSR count). The van der Waals surface area contributed by atoms with Crippen molar-refractivity contribution in [3.8, 4) is 5.75 Å². The lowest BCUT2D eigenvalue weighted by Crippen LogP contribution is -2.37. The van der Waals surface area contributed by atoms with Crippen molar-refractivity contribution in [3.05, 3.63) is 65.5 Å². The van der Waals surface area contributed by atoms with Crippen molar-refractivity contribution in [3.63, 3.8) is 0 Å². The first-order valence-electron chi connectivity index (χ1n) is 7.28. The third kappa shape index (κ3) is 3.42. The Bertz CT molecular complexity index is 612. The van der Waals surface area contributed by atoms with Gasteiger partial charge in [-0.1, -0.05) is 31.2 Å². The topological polar surface area (TPSA) is 35.2 Å². The molecule has 0 saturated heterocycles. The molecule has 0 aliphatic heterocycles. The first kappa shape index (κ1) is 15.5. The number of nitrogens with two attached hydrogens (primary N) is 1. The molecule has 0 aliphatic carbocycles. The highest BCUT2D eigenvalue weighted by Crippen LogP contribution is 2.32. The van der Waals surface area contributed by atoms with Crippen molar-refractivity contribution < 1.29 is 9.13 Å². The lowest BCUT2D eigenvalue weighted by Gasteiger charge is -2.30. The average molecular weight is 287 g/mol. The van der Waals surface area contributed by atoms with Crippen molar-refractivity contribution in [1.82, 2.24) is 0 Å². The van der Waals surface area contributed by atoms with E-state index in [1.54, 1.807) is 6.07 Å². The summed E-state index contributed by atoms with van der Waals surface area (Å²) in [6.45, 7) is 5.96. The van der Waals surface area contributed by atoms with E-state index in [0.717, 1.165) is 16.9 Å². The van der Waals surface area contributed by atoms with E-state index in [0.29, 0.717) is 6.42 Å². The van der Waals surface area contributed by atoms with Gasteiger partial charge in [0, 0.05) is 0 Å². The number of hydrogen-bond donors (Lipinski definition) is 1. The van der Waals surface area contributed by atoms with E-state index in [9.17, 15) is 4.39 Å². The van der Waals surface area contributed by atoms with Crippen molar-refractivity contribution in [2.45, 2.75) is 38.8 Å². The SMILES string of the molecule is CCC(N)(c1cccc(F)c1)c1cccc(OC(C)C)c1. The molecule has 3 heteroatoms. The quantitative estimate of drug-likeness (QED) is 0.893. The van der Waals surface area contributed by atoms with Gasteiger partial charge in [-0.25, -0.2) is 4.39 Å². The largest absolute Gasteiger partial charge is 0.491 e. The molecule has 112 valence electrons. The molecule has 21 heavy (non-hydrogen) atoms. The van der Waals surface area contributed by atoms with Gasteiger partial charge in [-0.2, -0.15) is 0 Å². The van der Waals surface area contributed by atoms with Gasteiger partial charge >= 0.3 is 0 Å². The monoisotopic (exact) mass is 287 g/mol. The second-order valence-electron chi connectivity index (χ2n) is 5.53. The van der Waals surface area contributed by atoms with E-state index >= 15 is 0 Å². The fourth-order valence-electron chi connectivity index (χ4n) is 2.46. The van der Waals surface area contributed by atoms with Gasteiger partial charge in [-0.3, -0.25) is 0 Å². The molecule has 0 spiro atoms. The molecule has 2 aromatic rings. The van der Waals surface area contributed by atoms with E-state index < -0.39 is 5.54 Å². The summed E-state index contributed by atoms with van der Waals surface area (Å²) in [4.78, 5) is 0. The molecule has 0 aromatic heterocycles. The predicted molar refractivity (Wildman–Crippen MR) is 83.9 cm³/mol. The average Bonchev–Trinajstić information content (AvgIpc) is 2.46. The van der Waals surface area contributed by atoms with Crippen LogP contribution in [0.2, 0.25) is 0 Å². The minimum atomic E-state index is -0.724. The van der Waals surface area contributed by atoms with E-state index in [1.807, 2.05) is 51.1 Å². The van der Waals surface area contributed by atoms with E-state index in [-0.39, 0.29) is 11.9 Å². The third-order valence-corrected chi connectivity index (χ3v) is 3.62. The van der Waals surface area contributed by atoms with Crippen LogP contribution in [0, 0.1) is 5.82 Å². The Labute approximate surface area is 125 Å². The maximum absolute atomic E-state index is 13.5. The number of halogens is 1. The summed E-state index contributed by atoms with van der Waals surface area (Å²) >= 11 is 0. The summed E-state index contributed by atoms with van der Waals surface area (Å²) in [7, 11) is 0. The molecule has 0 aliphatic rings. The summed E-state index contributed by atoms with van der Waals surface area (Å²) in [5.74, 6) is 0.507. The molecule has 1 unspecified atom stereocenters. The normalized spacial score (nSPS) is 14.0. The minimum absolute atomic E-state index is 0.100. The van der Waals surface area contributed by atoms with Crippen LogP contribution in [0.25, 0.3) is 0 Å². The summed E-state index contributed by atoms with van der Waals surface area (Å²) < 4.78 is 19.2. The van der Waals surface area contributed by atoms with Crippen molar-refractivity contribution in [2.24, 2.45) is 5.73 Å². The molecule has 0 saturated carbocycles.